The maximum absolute atomic E-state index is 13.1. The third-order valence-corrected chi connectivity index (χ3v) is 5.52. The Kier molecular flexibility index (Phi) is 7.47. The van der Waals surface area contributed by atoms with Gasteiger partial charge < -0.3 is 20.3 Å². The second kappa shape index (κ2) is 10.3. The lowest BCUT2D eigenvalue weighted by Crippen LogP contribution is -2.44. The van der Waals surface area contributed by atoms with E-state index in [1.165, 1.54) is 0 Å². The first kappa shape index (κ1) is 21.1. The number of hydrogen-bond acceptors (Lipinski definition) is 4. The van der Waals surface area contributed by atoms with Crippen LogP contribution in [0, 0.1) is 5.92 Å². The molecule has 2 aromatic rings. The summed E-state index contributed by atoms with van der Waals surface area (Å²) in [4.78, 5) is 27.4. The van der Waals surface area contributed by atoms with Crippen molar-refractivity contribution in [2.24, 2.45) is 5.92 Å². The third kappa shape index (κ3) is 5.07. The Bertz CT molecular complexity index is 844. The topological polar surface area (TPSA) is 70.7 Å². The van der Waals surface area contributed by atoms with Crippen LogP contribution in [0.15, 0.2) is 36.4 Å². The molecule has 3 rings (SSSR count). The summed E-state index contributed by atoms with van der Waals surface area (Å²) in [5, 5.41) is 8.12. The smallest absolute Gasteiger partial charge is 0.254 e. The van der Waals surface area contributed by atoms with Gasteiger partial charge in [0.1, 0.15) is 5.75 Å². The predicted octanol–water partition coefficient (Wildman–Crippen LogP) is 2.82. The second-order valence-corrected chi connectivity index (χ2v) is 7.47. The van der Waals surface area contributed by atoms with E-state index in [1.54, 1.807) is 7.11 Å². The van der Waals surface area contributed by atoms with Crippen molar-refractivity contribution in [1.29, 1.82) is 0 Å². The van der Waals surface area contributed by atoms with Crippen LogP contribution in [0.5, 0.6) is 5.75 Å². The van der Waals surface area contributed by atoms with Gasteiger partial charge >= 0.3 is 0 Å². The van der Waals surface area contributed by atoms with Crippen LogP contribution in [0.4, 0.5) is 0 Å². The number of fused-ring (bicyclic) bond motifs is 1. The van der Waals surface area contributed by atoms with E-state index in [0.29, 0.717) is 38.0 Å². The van der Waals surface area contributed by atoms with Gasteiger partial charge in [0.25, 0.3) is 5.91 Å². The summed E-state index contributed by atoms with van der Waals surface area (Å²) in [5.74, 6) is 0.871. The number of amides is 2. The standard InChI is InChI=1S/C23H31N3O3/c1-3-12-24-13-14-25-22(27)17-10-15-26(16-11-17)23(28)20-8-9-21(29-2)19-7-5-4-6-18(19)20/h4-9,17,24H,3,10-16H2,1-2H3,(H,25,27). The molecule has 0 unspecified atom stereocenters. The Morgan fingerprint density at radius 3 is 2.45 bits per heavy atom. The van der Waals surface area contributed by atoms with Crippen molar-refractivity contribution in [2.75, 3.05) is 39.8 Å². The number of methoxy groups -OCH3 is 1. The Labute approximate surface area is 172 Å². The highest BCUT2D eigenvalue weighted by atomic mass is 16.5. The molecule has 1 fully saturated rings. The van der Waals surface area contributed by atoms with Gasteiger partial charge in [-0.2, -0.15) is 0 Å². The summed E-state index contributed by atoms with van der Waals surface area (Å²) in [6.45, 7) is 5.74. The zero-order valence-electron chi connectivity index (χ0n) is 17.4. The molecule has 0 bridgehead atoms. The van der Waals surface area contributed by atoms with Crippen LogP contribution < -0.4 is 15.4 Å². The fraction of sp³-hybridized carbons (Fsp3) is 0.478. The van der Waals surface area contributed by atoms with Gasteiger partial charge in [-0.05, 0) is 43.3 Å². The number of nitrogens with one attached hydrogen (secondary N) is 2. The molecule has 1 aliphatic rings. The number of rotatable bonds is 8. The number of likely N-dealkylation sites (tertiary alicyclic amines) is 1. The van der Waals surface area contributed by atoms with Crippen molar-refractivity contribution >= 4 is 22.6 Å². The zero-order chi connectivity index (χ0) is 20.6. The van der Waals surface area contributed by atoms with Gasteiger partial charge in [-0.25, -0.2) is 0 Å². The van der Waals surface area contributed by atoms with Crippen LogP contribution in [0.25, 0.3) is 10.8 Å². The van der Waals surface area contributed by atoms with E-state index in [0.717, 1.165) is 36.0 Å². The number of carbonyl (C=O) groups is 2. The van der Waals surface area contributed by atoms with Crippen LogP contribution >= 0.6 is 0 Å². The summed E-state index contributed by atoms with van der Waals surface area (Å²) >= 11 is 0. The molecule has 0 radical (unpaired) electrons. The first-order chi connectivity index (χ1) is 14.2. The fourth-order valence-electron chi connectivity index (χ4n) is 3.87. The fourth-order valence-corrected chi connectivity index (χ4v) is 3.87. The van der Waals surface area contributed by atoms with Gasteiger partial charge in [0.2, 0.25) is 5.91 Å². The number of carbonyl (C=O) groups excluding carboxylic acids is 2. The van der Waals surface area contributed by atoms with E-state index in [2.05, 4.69) is 17.6 Å². The molecule has 0 spiro atoms. The van der Waals surface area contributed by atoms with E-state index in [1.807, 2.05) is 41.3 Å². The van der Waals surface area contributed by atoms with Crippen LogP contribution in [0.2, 0.25) is 0 Å². The molecule has 2 N–H and O–H groups in total. The molecule has 0 aliphatic carbocycles. The minimum Gasteiger partial charge on any atom is -0.496 e. The summed E-state index contributed by atoms with van der Waals surface area (Å²) in [5.41, 5.74) is 0.686. The molecule has 6 heteroatoms. The van der Waals surface area contributed by atoms with Crippen LogP contribution in [0.1, 0.15) is 36.5 Å². The average molecular weight is 398 g/mol. The van der Waals surface area contributed by atoms with E-state index >= 15 is 0 Å². The van der Waals surface area contributed by atoms with Gasteiger partial charge in [-0.3, -0.25) is 9.59 Å². The van der Waals surface area contributed by atoms with Crippen LogP contribution in [-0.4, -0.2) is 56.5 Å². The number of ether oxygens (including phenoxy) is 1. The van der Waals surface area contributed by atoms with Gasteiger partial charge in [0.15, 0.2) is 0 Å². The van der Waals surface area contributed by atoms with Gasteiger partial charge in [-0.15, -0.1) is 0 Å². The van der Waals surface area contributed by atoms with Crippen molar-refractivity contribution in [3.05, 3.63) is 42.0 Å². The van der Waals surface area contributed by atoms with Crippen molar-refractivity contribution in [3.8, 4) is 5.75 Å². The quantitative estimate of drug-likeness (QED) is 0.672. The Balaban J connectivity index is 1.58. The van der Waals surface area contributed by atoms with E-state index in [9.17, 15) is 9.59 Å². The molecule has 2 aromatic carbocycles. The molecular weight excluding hydrogens is 366 g/mol. The van der Waals surface area contributed by atoms with E-state index < -0.39 is 0 Å². The molecule has 156 valence electrons. The van der Waals surface area contributed by atoms with Crippen molar-refractivity contribution in [1.82, 2.24) is 15.5 Å². The minimum atomic E-state index is -0.0159. The second-order valence-electron chi connectivity index (χ2n) is 7.47. The first-order valence-electron chi connectivity index (χ1n) is 10.5. The Hall–Kier alpha value is -2.60. The number of benzene rings is 2. The number of nitrogens with zero attached hydrogens (tertiary/aromatic N) is 1. The average Bonchev–Trinajstić information content (AvgIpc) is 2.77. The highest BCUT2D eigenvalue weighted by molar-refractivity contribution is 6.08. The van der Waals surface area contributed by atoms with E-state index in [-0.39, 0.29) is 17.7 Å². The lowest BCUT2D eigenvalue weighted by atomic mass is 9.94. The highest BCUT2D eigenvalue weighted by Gasteiger charge is 2.28. The maximum atomic E-state index is 13.1. The summed E-state index contributed by atoms with van der Waals surface area (Å²) in [6.07, 6.45) is 2.49. The molecule has 29 heavy (non-hydrogen) atoms. The summed E-state index contributed by atoms with van der Waals surface area (Å²) in [6, 6.07) is 11.5. The molecule has 1 aliphatic heterocycles. The normalized spacial score (nSPS) is 14.8. The van der Waals surface area contributed by atoms with Gasteiger partial charge in [-0.1, -0.05) is 31.2 Å². The summed E-state index contributed by atoms with van der Waals surface area (Å²) < 4.78 is 5.43. The first-order valence-corrected chi connectivity index (χ1v) is 10.5. The monoisotopic (exact) mass is 397 g/mol. The number of piperidine rings is 1. The molecular formula is C23H31N3O3. The SMILES string of the molecule is CCCNCCNC(=O)C1CCN(C(=O)c2ccc(OC)c3ccccc23)CC1. The van der Waals surface area contributed by atoms with E-state index in [4.69, 9.17) is 4.74 Å². The highest BCUT2D eigenvalue weighted by Crippen LogP contribution is 2.30. The predicted molar refractivity (Wildman–Crippen MR) is 115 cm³/mol. The molecule has 0 saturated carbocycles. The van der Waals surface area contributed by atoms with Gasteiger partial charge in [0.05, 0.1) is 7.11 Å². The third-order valence-electron chi connectivity index (χ3n) is 5.52. The number of hydrogen-bond donors (Lipinski definition) is 2. The van der Waals surface area contributed by atoms with Gasteiger partial charge in [0, 0.05) is 43.0 Å². The molecule has 0 aromatic heterocycles. The molecule has 1 heterocycles. The van der Waals surface area contributed by atoms with Crippen LogP contribution in [0.3, 0.4) is 0 Å². The Morgan fingerprint density at radius 1 is 1.03 bits per heavy atom. The molecule has 1 saturated heterocycles. The zero-order valence-corrected chi connectivity index (χ0v) is 17.4. The Morgan fingerprint density at radius 2 is 1.76 bits per heavy atom. The lowest BCUT2D eigenvalue weighted by molar-refractivity contribution is -0.126. The molecule has 2 amide bonds. The largest absolute Gasteiger partial charge is 0.496 e. The minimum absolute atomic E-state index is 0.0159. The maximum Gasteiger partial charge on any atom is 0.254 e. The molecule has 6 nitrogen and oxygen atoms in total. The van der Waals surface area contributed by atoms with Crippen LogP contribution in [-0.2, 0) is 4.79 Å². The molecule has 0 atom stereocenters. The lowest BCUT2D eigenvalue weighted by Gasteiger charge is -2.31. The van der Waals surface area contributed by atoms with Crippen molar-refractivity contribution in [3.63, 3.8) is 0 Å². The van der Waals surface area contributed by atoms with Crippen molar-refractivity contribution in [2.45, 2.75) is 26.2 Å². The summed E-state index contributed by atoms with van der Waals surface area (Å²) in [7, 11) is 1.64. The van der Waals surface area contributed by atoms with Crippen molar-refractivity contribution < 1.29 is 14.3 Å².